The third kappa shape index (κ3) is 3.05. The van der Waals surface area contributed by atoms with Gasteiger partial charge in [0.05, 0.1) is 0 Å². The van der Waals surface area contributed by atoms with Crippen LogP contribution in [-0.4, -0.2) is 19.3 Å². The lowest BCUT2D eigenvalue weighted by atomic mass is 10.1. The first-order valence-corrected chi connectivity index (χ1v) is 7.46. The van der Waals surface area contributed by atoms with Gasteiger partial charge in [0.25, 0.3) is 0 Å². The number of fused-ring (bicyclic) bond motifs is 1. The van der Waals surface area contributed by atoms with E-state index in [-0.39, 0.29) is 12.1 Å². The number of aryl methyl sites for hydroxylation is 1. The van der Waals surface area contributed by atoms with Crippen molar-refractivity contribution >= 4 is 0 Å². The van der Waals surface area contributed by atoms with Gasteiger partial charge in [-0.05, 0) is 44.2 Å². The quantitative estimate of drug-likeness (QED) is 0.914. The smallest absolute Gasteiger partial charge is 0.161 e. The van der Waals surface area contributed by atoms with E-state index in [9.17, 15) is 0 Å². The second kappa shape index (κ2) is 6.22. The molecule has 0 saturated heterocycles. The Morgan fingerprint density at radius 1 is 1.19 bits per heavy atom. The summed E-state index contributed by atoms with van der Waals surface area (Å²) < 4.78 is 17.7. The van der Waals surface area contributed by atoms with E-state index in [4.69, 9.17) is 13.9 Å². The number of hydrogen-bond donors (Lipinski definition) is 1. The third-order valence-electron chi connectivity index (χ3n) is 3.58. The Balaban J connectivity index is 1.81. The molecule has 1 aromatic carbocycles. The summed E-state index contributed by atoms with van der Waals surface area (Å²) >= 11 is 0. The second-order valence-corrected chi connectivity index (χ2v) is 5.29. The van der Waals surface area contributed by atoms with E-state index in [0.717, 1.165) is 36.0 Å². The van der Waals surface area contributed by atoms with Crippen molar-refractivity contribution < 1.29 is 13.9 Å². The lowest BCUT2D eigenvalue weighted by Gasteiger charge is -2.31. The first-order valence-electron chi connectivity index (χ1n) is 7.46. The maximum atomic E-state index is 6.11. The maximum absolute atomic E-state index is 6.11. The number of hydrogen-bond acceptors (Lipinski definition) is 4. The number of furan rings is 1. The molecular weight excluding hydrogens is 266 g/mol. The molecule has 3 rings (SSSR count). The van der Waals surface area contributed by atoms with E-state index in [1.807, 2.05) is 43.3 Å². The van der Waals surface area contributed by atoms with Crippen LogP contribution < -0.4 is 14.8 Å². The summed E-state index contributed by atoms with van der Waals surface area (Å²) in [4.78, 5) is 0. The fourth-order valence-corrected chi connectivity index (χ4v) is 2.54. The first kappa shape index (κ1) is 14.0. The molecule has 0 fully saturated rings. The van der Waals surface area contributed by atoms with E-state index in [1.54, 1.807) is 0 Å². The monoisotopic (exact) mass is 287 g/mol. The second-order valence-electron chi connectivity index (χ2n) is 5.29. The van der Waals surface area contributed by atoms with Crippen LogP contribution in [0.25, 0.3) is 0 Å². The van der Waals surface area contributed by atoms with E-state index >= 15 is 0 Å². The molecule has 21 heavy (non-hydrogen) atoms. The molecule has 2 aromatic rings. The van der Waals surface area contributed by atoms with Crippen molar-refractivity contribution in [3.8, 4) is 11.5 Å². The van der Waals surface area contributed by atoms with Gasteiger partial charge in [-0.15, -0.1) is 0 Å². The fraction of sp³-hybridized carbons (Fsp3) is 0.412. The molecular formula is C17H21NO3. The summed E-state index contributed by atoms with van der Waals surface area (Å²) in [6.45, 7) is 5.52. The van der Waals surface area contributed by atoms with Gasteiger partial charge < -0.3 is 19.2 Å². The third-order valence-corrected chi connectivity index (χ3v) is 3.58. The molecule has 2 atom stereocenters. The molecule has 4 nitrogen and oxygen atoms in total. The number of benzene rings is 1. The first-order chi connectivity index (χ1) is 10.3. The number of nitrogens with one attached hydrogen (secondary N) is 1. The number of ether oxygens (including phenoxy) is 2. The van der Waals surface area contributed by atoms with Gasteiger partial charge in [-0.3, -0.25) is 0 Å². The molecule has 0 spiro atoms. The topological polar surface area (TPSA) is 43.6 Å². The minimum atomic E-state index is -0.100. The van der Waals surface area contributed by atoms with Crippen LogP contribution in [0, 0.1) is 6.92 Å². The molecule has 1 aliphatic heterocycles. The van der Waals surface area contributed by atoms with Gasteiger partial charge in [0.15, 0.2) is 17.6 Å². The van der Waals surface area contributed by atoms with Gasteiger partial charge >= 0.3 is 0 Å². The molecule has 2 unspecified atom stereocenters. The van der Waals surface area contributed by atoms with Crippen LogP contribution in [-0.2, 0) is 0 Å². The molecule has 0 bridgehead atoms. The average Bonchev–Trinajstić information content (AvgIpc) is 2.94. The van der Waals surface area contributed by atoms with Crippen molar-refractivity contribution in [3.05, 3.63) is 47.9 Å². The highest BCUT2D eigenvalue weighted by molar-refractivity contribution is 5.41. The van der Waals surface area contributed by atoms with E-state index in [2.05, 4.69) is 12.2 Å². The van der Waals surface area contributed by atoms with Gasteiger partial charge in [-0.25, -0.2) is 0 Å². The van der Waals surface area contributed by atoms with Crippen molar-refractivity contribution in [1.29, 1.82) is 0 Å². The largest absolute Gasteiger partial charge is 0.486 e. The fourth-order valence-electron chi connectivity index (χ4n) is 2.54. The molecule has 0 aliphatic carbocycles. The zero-order valence-electron chi connectivity index (χ0n) is 12.5. The maximum Gasteiger partial charge on any atom is 0.161 e. The predicted octanol–water partition coefficient (Wildman–Crippen LogP) is 3.47. The van der Waals surface area contributed by atoms with Gasteiger partial charge in [0, 0.05) is 0 Å². The van der Waals surface area contributed by atoms with E-state index in [1.165, 1.54) is 0 Å². The Morgan fingerprint density at radius 2 is 2.00 bits per heavy atom. The minimum absolute atomic E-state index is 0.00740. The molecule has 0 saturated carbocycles. The highest BCUT2D eigenvalue weighted by atomic mass is 16.6. The highest BCUT2D eigenvalue weighted by Gasteiger charge is 2.31. The van der Waals surface area contributed by atoms with Crippen LogP contribution in [0.2, 0.25) is 0 Å². The predicted molar refractivity (Wildman–Crippen MR) is 80.8 cm³/mol. The Labute approximate surface area is 125 Å². The molecule has 2 heterocycles. The molecule has 112 valence electrons. The molecule has 1 aliphatic rings. The van der Waals surface area contributed by atoms with E-state index < -0.39 is 0 Å². The SMILES string of the molecule is CCCNC(c1ccc(C)o1)C1COc2ccccc2O1. The Hall–Kier alpha value is -1.94. The zero-order chi connectivity index (χ0) is 14.7. The summed E-state index contributed by atoms with van der Waals surface area (Å²) in [6, 6.07) is 11.7. The molecule has 4 heteroatoms. The van der Waals surface area contributed by atoms with Crippen molar-refractivity contribution in [2.24, 2.45) is 0 Å². The molecule has 0 radical (unpaired) electrons. The normalized spacial score (nSPS) is 18.5. The Kier molecular flexibility index (Phi) is 4.15. The molecule has 0 amide bonds. The summed E-state index contributed by atoms with van der Waals surface area (Å²) in [6.07, 6.45) is 0.956. The zero-order valence-corrected chi connectivity index (χ0v) is 12.5. The standard InChI is InChI=1S/C17H21NO3/c1-3-10-18-17(15-9-8-12(2)20-15)16-11-19-13-6-4-5-7-14(13)21-16/h4-9,16-18H,3,10-11H2,1-2H3. The van der Waals surface area contributed by atoms with Crippen LogP contribution in [0.15, 0.2) is 40.8 Å². The van der Waals surface area contributed by atoms with E-state index in [0.29, 0.717) is 6.61 Å². The van der Waals surface area contributed by atoms with Crippen molar-refractivity contribution in [2.75, 3.05) is 13.2 Å². The number of para-hydroxylation sites is 2. The van der Waals surface area contributed by atoms with Crippen LogP contribution in [0.5, 0.6) is 11.5 Å². The average molecular weight is 287 g/mol. The van der Waals surface area contributed by atoms with Crippen LogP contribution >= 0.6 is 0 Å². The lowest BCUT2D eigenvalue weighted by Crippen LogP contribution is -2.41. The Bertz CT molecular complexity index is 593. The summed E-state index contributed by atoms with van der Waals surface area (Å²) in [5.41, 5.74) is 0. The minimum Gasteiger partial charge on any atom is -0.486 e. The van der Waals surface area contributed by atoms with Gasteiger partial charge in [0.1, 0.15) is 24.2 Å². The van der Waals surface area contributed by atoms with Crippen LogP contribution in [0.4, 0.5) is 0 Å². The lowest BCUT2D eigenvalue weighted by molar-refractivity contribution is 0.0553. The summed E-state index contributed by atoms with van der Waals surface area (Å²) in [7, 11) is 0. The van der Waals surface area contributed by atoms with Gasteiger partial charge in [-0.1, -0.05) is 19.1 Å². The Morgan fingerprint density at radius 3 is 2.71 bits per heavy atom. The molecule has 1 aromatic heterocycles. The van der Waals surface area contributed by atoms with Crippen LogP contribution in [0.3, 0.4) is 0 Å². The molecule has 1 N–H and O–H groups in total. The number of rotatable bonds is 5. The summed E-state index contributed by atoms with van der Waals surface area (Å²) in [5.74, 6) is 3.40. The highest BCUT2D eigenvalue weighted by Crippen LogP contribution is 2.34. The summed E-state index contributed by atoms with van der Waals surface area (Å²) in [5, 5.41) is 3.50. The van der Waals surface area contributed by atoms with Crippen LogP contribution in [0.1, 0.15) is 30.9 Å². The van der Waals surface area contributed by atoms with Crippen molar-refractivity contribution in [3.63, 3.8) is 0 Å². The van der Waals surface area contributed by atoms with Crippen molar-refractivity contribution in [1.82, 2.24) is 5.32 Å². The van der Waals surface area contributed by atoms with Gasteiger partial charge in [-0.2, -0.15) is 0 Å². The van der Waals surface area contributed by atoms with Gasteiger partial charge in [0.2, 0.25) is 0 Å². The van der Waals surface area contributed by atoms with Crippen molar-refractivity contribution in [2.45, 2.75) is 32.4 Å².